The van der Waals surface area contributed by atoms with Gasteiger partial charge in [-0.15, -0.1) is 0 Å². The van der Waals surface area contributed by atoms with Crippen LogP contribution in [-0.2, 0) is 9.59 Å². The molecule has 28 heavy (non-hydrogen) atoms. The van der Waals surface area contributed by atoms with Crippen LogP contribution in [-0.4, -0.2) is 26.9 Å². The summed E-state index contributed by atoms with van der Waals surface area (Å²) in [6.45, 7) is 0. The molecule has 8 nitrogen and oxygen atoms in total. The van der Waals surface area contributed by atoms with E-state index in [1.165, 1.54) is 17.1 Å². The van der Waals surface area contributed by atoms with E-state index in [0.717, 1.165) is 10.0 Å². The van der Waals surface area contributed by atoms with Crippen LogP contribution in [0.2, 0.25) is 0 Å². The first kappa shape index (κ1) is 19.6. The van der Waals surface area contributed by atoms with Crippen LogP contribution >= 0.6 is 15.9 Å². The highest BCUT2D eigenvalue weighted by molar-refractivity contribution is 9.10. The molecule has 0 saturated heterocycles. The van der Waals surface area contributed by atoms with Crippen molar-refractivity contribution in [3.63, 3.8) is 0 Å². The van der Waals surface area contributed by atoms with Gasteiger partial charge in [-0.05, 0) is 29.3 Å². The number of carboxylic acid groups (broad SMARTS) is 1. The van der Waals surface area contributed by atoms with Gasteiger partial charge in [-0.25, -0.2) is 5.01 Å². The van der Waals surface area contributed by atoms with Gasteiger partial charge >= 0.3 is 5.97 Å². The summed E-state index contributed by atoms with van der Waals surface area (Å²) in [6.07, 6.45) is 1.31. The number of nitrogens with zero attached hydrogens (tertiary/aromatic N) is 2. The molecule has 1 heterocycles. The summed E-state index contributed by atoms with van der Waals surface area (Å²) in [7, 11) is 0. The first-order chi connectivity index (χ1) is 13.3. The van der Waals surface area contributed by atoms with Crippen molar-refractivity contribution >= 4 is 39.2 Å². The van der Waals surface area contributed by atoms with Crippen molar-refractivity contribution in [2.45, 2.75) is 18.9 Å². The summed E-state index contributed by atoms with van der Waals surface area (Å²) in [5.41, 5.74) is 4.97. The highest BCUT2D eigenvalue weighted by atomic mass is 79.9. The number of hydrogen-bond donors (Lipinski definition) is 2. The Labute approximate surface area is 168 Å². The average molecular weight is 446 g/mol. The molecule has 1 amide bonds. The molecule has 0 bridgehead atoms. The number of carbonyl (C=O) groups is 2. The lowest BCUT2D eigenvalue weighted by molar-refractivity contribution is -0.384. The topological polar surface area (TPSA) is 113 Å². The lowest BCUT2D eigenvalue weighted by atomic mass is 10.0. The standard InChI is InChI=1S/C19H16BrN3O5/c20-14-6-4-12(5-7-14)16-11-17(13-2-1-3-15(10-13)23(27)28)22(21-16)18(24)8-9-19(25)26/h1-7,10-11,17,21H,8-9H2,(H,25,26). The third-order valence-electron chi connectivity index (χ3n) is 4.24. The maximum Gasteiger partial charge on any atom is 0.303 e. The van der Waals surface area contributed by atoms with E-state index in [0.29, 0.717) is 11.3 Å². The number of hydrazine groups is 1. The number of amides is 1. The van der Waals surface area contributed by atoms with Gasteiger partial charge in [0.2, 0.25) is 5.91 Å². The van der Waals surface area contributed by atoms with Crippen molar-refractivity contribution in [3.8, 4) is 0 Å². The summed E-state index contributed by atoms with van der Waals surface area (Å²) in [4.78, 5) is 34.0. The second kappa shape index (κ2) is 8.22. The monoisotopic (exact) mass is 445 g/mol. The number of non-ortho nitro benzene ring substituents is 1. The van der Waals surface area contributed by atoms with Gasteiger partial charge in [0, 0.05) is 23.0 Å². The zero-order chi connectivity index (χ0) is 20.3. The zero-order valence-electron chi connectivity index (χ0n) is 14.5. The molecule has 2 N–H and O–H groups in total. The normalized spacial score (nSPS) is 15.7. The van der Waals surface area contributed by atoms with Gasteiger partial charge in [0.15, 0.2) is 0 Å². The first-order valence-electron chi connectivity index (χ1n) is 8.38. The molecular weight excluding hydrogens is 430 g/mol. The van der Waals surface area contributed by atoms with Gasteiger partial charge in [0.05, 0.1) is 23.1 Å². The van der Waals surface area contributed by atoms with Crippen LogP contribution in [0.15, 0.2) is 59.1 Å². The second-order valence-corrected chi connectivity index (χ2v) is 7.07. The number of hydrogen-bond acceptors (Lipinski definition) is 5. The van der Waals surface area contributed by atoms with Gasteiger partial charge in [-0.3, -0.25) is 25.1 Å². The molecular formula is C19H16BrN3O5. The van der Waals surface area contributed by atoms with Crippen LogP contribution in [0.5, 0.6) is 0 Å². The van der Waals surface area contributed by atoms with Crippen molar-refractivity contribution in [2.24, 2.45) is 0 Å². The molecule has 9 heteroatoms. The van der Waals surface area contributed by atoms with Gasteiger partial charge in [-0.1, -0.05) is 40.2 Å². The van der Waals surface area contributed by atoms with Gasteiger partial charge in [-0.2, -0.15) is 0 Å². The molecule has 1 unspecified atom stereocenters. The van der Waals surface area contributed by atoms with Crippen LogP contribution in [0.25, 0.3) is 5.70 Å². The number of halogens is 1. The summed E-state index contributed by atoms with van der Waals surface area (Å²) >= 11 is 3.37. The molecule has 2 aromatic rings. The first-order valence-corrected chi connectivity index (χ1v) is 9.17. The van der Waals surface area contributed by atoms with Crippen molar-refractivity contribution in [1.29, 1.82) is 0 Å². The maximum atomic E-state index is 12.6. The Morgan fingerprint density at radius 3 is 2.54 bits per heavy atom. The van der Waals surface area contributed by atoms with E-state index in [1.807, 2.05) is 24.3 Å². The van der Waals surface area contributed by atoms with E-state index >= 15 is 0 Å². The fourth-order valence-corrected chi connectivity index (χ4v) is 3.14. The summed E-state index contributed by atoms with van der Waals surface area (Å²) in [6, 6.07) is 12.9. The molecule has 2 aromatic carbocycles. The minimum atomic E-state index is -1.07. The lowest BCUT2D eigenvalue weighted by Gasteiger charge is -2.25. The molecule has 0 aliphatic carbocycles. The van der Waals surface area contributed by atoms with E-state index in [2.05, 4.69) is 21.4 Å². The number of nitro benzene ring substituents is 1. The molecule has 144 valence electrons. The molecule has 1 atom stereocenters. The Balaban J connectivity index is 1.95. The summed E-state index contributed by atoms with van der Waals surface area (Å²) < 4.78 is 0.902. The predicted octanol–water partition coefficient (Wildman–Crippen LogP) is 3.65. The SMILES string of the molecule is O=C(O)CCC(=O)N1NC(c2ccc(Br)cc2)=CC1c1cccc([N+](=O)[O-])c1. The van der Waals surface area contributed by atoms with Crippen molar-refractivity contribution < 1.29 is 19.6 Å². The highest BCUT2D eigenvalue weighted by Gasteiger charge is 2.31. The largest absolute Gasteiger partial charge is 0.481 e. The Morgan fingerprint density at radius 1 is 1.18 bits per heavy atom. The smallest absolute Gasteiger partial charge is 0.303 e. The van der Waals surface area contributed by atoms with Gasteiger partial charge in [0.1, 0.15) is 0 Å². The van der Waals surface area contributed by atoms with Crippen molar-refractivity contribution in [3.05, 3.63) is 80.3 Å². The fourth-order valence-electron chi connectivity index (χ4n) is 2.88. The fraction of sp³-hybridized carbons (Fsp3) is 0.158. The maximum absolute atomic E-state index is 12.6. The second-order valence-electron chi connectivity index (χ2n) is 6.15. The average Bonchev–Trinajstić information content (AvgIpc) is 3.12. The van der Waals surface area contributed by atoms with E-state index in [-0.39, 0.29) is 18.5 Å². The molecule has 0 fully saturated rings. The van der Waals surface area contributed by atoms with E-state index in [4.69, 9.17) is 5.11 Å². The molecule has 0 spiro atoms. The Kier molecular flexibility index (Phi) is 5.74. The van der Waals surface area contributed by atoms with E-state index in [9.17, 15) is 19.7 Å². The highest BCUT2D eigenvalue weighted by Crippen LogP contribution is 2.33. The Morgan fingerprint density at radius 2 is 1.89 bits per heavy atom. The summed E-state index contributed by atoms with van der Waals surface area (Å²) in [5.74, 6) is -1.48. The van der Waals surface area contributed by atoms with E-state index < -0.39 is 22.8 Å². The number of rotatable bonds is 6. The van der Waals surface area contributed by atoms with Crippen LogP contribution in [0, 0.1) is 10.1 Å². The molecule has 1 aliphatic rings. The number of nitro groups is 1. The Bertz CT molecular complexity index is 958. The Hall–Kier alpha value is -3.20. The summed E-state index contributed by atoms with van der Waals surface area (Å²) in [5, 5.41) is 21.3. The van der Waals surface area contributed by atoms with Gasteiger partial charge in [0.25, 0.3) is 5.69 Å². The third-order valence-corrected chi connectivity index (χ3v) is 4.77. The predicted molar refractivity (Wildman–Crippen MR) is 105 cm³/mol. The molecule has 0 radical (unpaired) electrons. The third kappa shape index (κ3) is 4.37. The number of aliphatic carboxylic acids is 1. The van der Waals surface area contributed by atoms with E-state index in [1.54, 1.807) is 18.2 Å². The van der Waals surface area contributed by atoms with Crippen molar-refractivity contribution in [1.82, 2.24) is 10.4 Å². The number of carboxylic acids is 1. The van der Waals surface area contributed by atoms with Crippen LogP contribution < -0.4 is 5.43 Å². The minimum Gasteiger partial charge on any atom is -0.481 e. The van der Waals surface area contributed by atoms with Crippen LogP contribution in [0.3, 0.4) is 0 Å². The van der Waals surface area contributed by atoms with Crippen LogP contribution in [0.4, 0.5) is 5.69 Å². The van der Waals surface area contributed by atoms with Crippen LogP contribution in [0.1, 0.15) is 30.0 Å². The zero-order valence-corrected chi connectivity index (χ0v) is 16.1. The molecule has 0 saturated carbocycles. The van der Waals surface area contributed by atoms with Crippen molar-refractivity contribution in [2.75, 3.05) is 0 Å². The number of carbonyl (C=O) groups excluding carboxylic acids is 1. The quantitative estimate of drug-likeness (QED) is 0.518. The van der Waals surface area contributed by atoms with Gasteiger partial charge < -0.3 is 5.11 Å². The lowest BCUT2D eigenvalue weighted by Crippen LogP contribution is -2.39. The molecule has 3 rings (SSSR count). The number of nitrogens with one attached hydrogen (secondary N) is 1. The number of benzene rings is 2. The molecule has 0 aromatic heterocycles. The minimum absolute atomic E-state index is 0.0825. The molecule has 1 aliphatic heterocycles.